The van der Waals surface area contributed by atoms with E-state index >= 15 is 0 Å². The minimum Gasteiger partial charge on any atom is -0.384 e. The van der Waals surface area contributed by atoms with Gasteiger partial charge in [0.15, 0.2) is 0 Å². The zero-order chi connectivity index (χ0) is 9.35. The van der Waals surface area contributed by atoms with Crippen LogP contribution in [0.5, 0.6) is 0 Å². The fourth-order valence-corrected chi connectivity index (χ4v) is 0.999. The first-order valence-corrected chi connectivity index (χ1v) is 3.98. The van der Waals surface area contributed by atoms with E-state index in [4.69, 9.17) is 0 Å². The molecule has 0 fully saturated rings. The summed E-state index contributed by atoms with van der Waals surface area (Å²) in [5.41, 5.74) is 0.277. The van der Waals surface area contributed by atoms with E-state index in [1.165, 1.54) is 0 Å². The molecular weight excluding hydrogens is 156 g/mol. The van der Waals surface area contributed by atoms with Crippen molar-refractivity contribution in [2.45, 2.75) is 39.2 Å². The maximum atomic E-state index is 9.65. The van der Waals surface area contributed by atoms with E-state index in [2.05, 4.69) is 14.9 Å². The first-order valence-electron chi connectivity index (χ1n) is 3.98. The normalized spacial score (nSPS) is 12.5. The SMILES string of the molecule is CC(C)c1nonc1C(C)(C)O. The smallest absolute Gasteiger partial charge is 0.139 e. The molecular formula is C8H14N2O2. The summed E-state index contributed by atoms with van der Waals surface area (Å²) in [6.45, 7) is 7.29. The number of nitrogens with zero attached hydrogens (tertiary/aromatic N) is 2. The standard InChI is InChI=1S/C8H14N2O2/c1-5(2)6-7(8(3,4)11)10-12-9-6/h5,11H,1-4H3. The summed E-state index contributed by atoms with van der Waals surface area (Å²) in [5, 5.41) is 17.1. The molecule has 0 bridgehead atoms. The van der Waals surface area contributed by atoms with E-state index in [0.29, 0.717) is 5.69 Å². The molecule has 0 unspecified atom stereocenters. The minimum absolute atomic E-state index is 0.220. The first-order chi connectivity index (χ1) is 5.43. The van der Waals surface area contributed by atoms with Gasteiger partial charge in [-0.15, -0.1) is 0 Å². The summed E-state index contributed by atoms with van der Waals surface area (Å²) >= 11 is 0. The Bertz CT molecular complexity index is 260. The van der Waals surface area contributed by atoms with Crippen LogP contribution in [0.4, 0.5) is 0 Å². The topological polar surface area (TPSA) is 59.2 Å². The van der Waals surface area contributed by atoms with Crippen LogP contribution in [-0.2, 0) is 5.60 Å². The molecule has 4 nitrogen and oxygen atoms in total. The predicted molar refractivity (Wildman–Crippen MR) is 43.6 cm³/mol. The van der Waals surface area contributed by atoms with Crippen molar-refractivity contribution in [3.8, 4) is 0 Å². The molecule has 0 radical (unpaired) electrons. The second-order valence-electron chi connectivity index (χ2n) is 3.71. The lowest BCUT2D eigenvalue weighted by Gasteiger charge is -2.14. The molecule has 0 atom stereocenters. The summed E-state index contributed by atoms with van der Waals surface area (Å²) in [6.07, 6.45) is 0. The molecule has 1 aromatic heterocycles. The zero-order valence-corrected chi connectivity index (χ0v) is 7.83. The lowest BCUT2D eigenvalue weighted by atomic mass is 9.98. The van der Waals surface area contributed by atoms with Crippen LogP contribution < -0.4 is 0 Å². The van der Waals surface area contributed by atoms with Crippen molar-refractivity contribution in [1.29, 1.82) is 0 Å². The number of aromatic nitrogens is 2. The van der Waals surface area contributed by atoms with Gasteiger partial charge < -0.3 is 5.11 Å². The van der Waals surface area contributed by atoms with Gasteiger partial charge in [-0.2, -0.15) is 0 Å². The van der Waals surface area contributed by atoms with E-state index in [1.807, 2.05) is 13.8 Å². The largest absolute Gasteiger partial charge is 0.384 e. The number of hydrogen-bond donors (Lipinski definition) is 1. The minimum atomic E-state index is -0.973. The average molecular weight is 170 g/mol. The molecule has 1 heterocycles. The Morgan fingerprint density at radius 1 is 1.33 bits per heavy atom. The lowest BCUT2D eigenvalue weighted by Crippen LogP contribution is -2.18. The third-order valence-corrected chi connectivity index (χ3v) is 1.64. The molecule has 0 saturated carbocycles. The molecule has 0 aliphatic heterocycles. The molecule has 1 aromatic rings. The second kappa shape index (κ2) is 2.86. The average Bonchev–Trinajstić information content (AvgIpc) is 2.30. The molecule has 1 N–H and O–H groups in total. The van der Waals surface area contributed by atoms with Gasteiger partial charge in [0.1, 0.15) is 17.0 Å². The van der Waals surface area contributed by atoms with Gasteiger partial charge in [-0.25, -0.2) is 4.63 Å². The second-order valence-corrected chi connectivity index (χ2v) is 3.71. The highest BCUT2D eigenvalue weighted by Gasteiger charge is 2.26. The molecule has 12 heavy (non-hydrogen) atoms. The zero-order valence-electron chi connectivity index (χ0n) is 7.83. The fraction of sp³-hybridized carbons (Fsp3) is 0.750. The molecule has 0 aliphatic carbocycles. The van der Waals surface area contributed by atoms with Crippen LogP contribution in [0, 0.1) is 0 Å². The van der Waals surface area contributed by atoms with E-state index in [1.54, 1.807) is 13.8 Å². The van der Waals surface area contributed by atoms with Crippen molar-refractivity contribution in [3.63, 3.8) is 0 Å². The van der Waals surface area contributed by atoms with Gasteiger partial charge in [0.05, 0.1) is 0 Å². The Labute approximate surface area is 71.6 Å². The first kappa shape index (κ1) is 9.19. The molecule has 1 rings (SSSR count). The van der Waals surface area contributed by atoms with Gasteiger partial charge in [-0.05, 0) is 13.8 Å². The summed E-state index contributed by atoms with van der Waals surface area (Å²) in [4.78, 5) is 0. The van der Waals surface area contributed by atoms with Gasteiger partial charge in [-0.3, -0.25) is 0 Å². The summed E-state index contributed by atoms with van der Waals surface area (Å²) in [5.74, 6) is 0.220. The van der Waals surface area contributed by atoms with E-state index in [9.17, 15) is 5.11 Å². The molecule has 0 amide bonds. The van der Waals surface area contributed by atoms with Crippen molar-refractivity contribution < 1.29 is 9.74 Å². The summed E-state index contributed by atoms with van der Waals surface area (Å²) in [6, 6.07) is 0. The van der Waals surface area contributed by atoms with Crippen molar-refractivity contribution >= 4 is 0 Å². The summed E-state index contributed by atoms with van der Waals surface area (Å²) < 4.78 is 4.57. The molecule has 0 aromatic carbocycles. The van der Waals surface area contributed by atoms with Crippen molar-refractivity contribution in [1.82, 2.24) is 10.3 Å². The Balaban J connectivity index is 3.08. The van der Waals surface area contributed by atoms with Gasteiger partial charge in [0, 0.05) is 5.92 Å². The van der Waals surface area contributed by atoms with Gasteiger partial charge >= 0.3 is 0 Å². The predicted octanol–water partition coefficient (Wildman–Crippen LogP) is 1.42. The summed E-state index contributed by atoms with van der Waals surface area (Å²) in [7, 11) is 0. The highest BCUT2D eigenvalue weighted by atomic mass is 16.6. The fourth-order valence-electron chi connectivity index (χ4n) is 0.999. The van der Waals surface area contributed by atoms with Gasteiger partial charge in [-0.1, -0.05) is 24.2 Å². The monoisotopic (exact) mass is 170 g/mol. The van der Waals surface area contributed by atoms with Crippen LogP contribution in [0.15, 0.2) is 4.63 Å². The molecule has 0 saturated heterocycles. The molecule has 0 spiro atoms. The highest BCUT2D eigenvalue weighted by molar-refractivity contribution is 5.17. The third-order valence-electron chi connectivity index (χ3n) is 1.64. The Morgan fingerprint density at radius 3 is 2.25 bits per heavy atom. The van der Waals surface area contributed by atoms with Crippen LogP contribution in [0.2, 0.25) is 0 Å². The van der Waals surface area contributed by atoms with Crippen molar-refractivity contribution in [2.24, 2.45) is 0 Å². The van der Waals surface area contributed by atoms with E-state index < -0.39 is 5.60 Å². The maximum absolute atomic E-state index is 9.65. The van der Waals surface area contributed by atoms with E-state index in [-0.39, 0.29) is 5.92 Å². The number of hydrogen-bond acceptors (Lipinski definition) is 4. The molecule has 0 aliphatic rings. The number of rotatable bonds is 2. The Kier molecular flexibility index (Phi) is 2.19. The highest BCUT2D eigenvalue weighted by Crippen LogP contribution is 2.25. The third kappa shape index (κ3) is 1.64. The molecule has 4 heteroatoms. The van der Waals surface area contributed by atoms with E-state index in [0.717, 1.165) is 5.69 Å². The van der Waals surface area contributed by atoms with Gasteiger partial charge in [0.2, 0.25) is 0 Å². The van der Waals surface area contributed by atoms with Crippen molar-refractivity contribution in [2.75, 3.05) is 0 Å². The van der Waals surface area contributed by atoms with Crippen LogP contribution in [0.1, 0.15) is 45.0 Å². The molecule has 68 valence electrons. The van der Waals surface area contributed by atoms with Crippen molar-refractivity contribution in [3.05, 3.63) is 11.4 Å². The Hall–Kier alpha value is -0.900. The number of aliphatic hydroxyl groups is 1. The maximum Gasteiger partial charge on any atom is 0.139 e. The Morgan fingerprint density at radius 2 is 1.92 bits per heavy atom. The lowest BCUT2D eigenvalue weighted by molar-refractivity contribution is 0.0686. The van der Waals surface area contributed by atoms with Crippen LogP contribution in [-0.4, -0.2) is 15.4 Å². The van der Waals surface area contributed by atoms with Crippen LogP contribution in [0.25, 0.3) is 0 Å². The van der Waals surface area contributed by atoms with Gasteiger partial charge in [0.25, 0.3) is 0 Å². The van der Waals surface area contributed by atoms with Crippen LogP contribution in [0.3, 0.4) is 0 Å². The quantitative estimate of drug-likeness (QED) is 0.729. The van der Waals surface area contributed by atoms with Crippen LogP contribution >= 0.6 is 0 Å².